The standard InChI is InChI=1S/C54H99N2O6P/c1-3-5-7-9-11-13-15-17-19-21-23-25-26-28-30-32-34-36-38-40-42-44-46-48-54(58)56-52(51-62-63(59,60)61-50-49-55)53(57)47-45-43-41-39-37-35-33-31-29-27-24-22-20-18-16-14-12-10-8-6-4-2/h5,7,11,13,17,19,23,25,37,39,45,47,52-53,57H,3-4,6,8-10,12,14-16,18,20-22,24,26-36,38,40-44,46,48-51,55H2,1-2H3,(H,56,58)(H,59,60)/b7-5-,13-11-,19-17-,25-23-,39-37+,47-45+. The van der Waals surface area contributed by atoms with Crippen molar-refractivity contribution >= 4 is 13.7 Å². The Kier molecular flexibility index (Phi) is 47.8. The molecule has 0 aromatic carbocycles. The molecule has 0 fully saturated rings. The number of hydrogen-bond donors (Lipinski definition) is 4. The van der Waals surface area contributed by atoms with Gasteiger partial charge in [0.05, 0.1) is 25.4 Å². The smallest absolute Gasteiger partial charge is 0.387 e. The number of allylic oxidation sites excluding steroid dienone is 11. The van der Waals surface area contributed by atoms with E-state index in [1.807, 2.05) is 6.08 Å². The van der Waals surface area contributed by atoms with Crippen LogP contribution in [0.2, 0.25) is 0 Å². The molecule has 0 heterocycles. The molecule has 3 atom stereocenters. The molecule has 63 heavy (non-hydrogen) atoms. The first-order valence-electron chi connectivity index (χ1n) is 26.1. The lowest BCUT2D eigenvalue weighted by Crippen LogP contribution is -2.45. The molecule has 0 saturated heterocycles. The van der Waals surface area contributed by atoms with Gasteiger partial charge in [0.2, 0.25) is 5.91 Å². The highest BCUT2D eigenvalue weighted by atomic mass is 31.2. The molecule has 5 N–H and O–H groups in total. The molecule has 1 amide bonds. The van der Waals surface area contributed by atoms with Crippen molar-refractivity contribution in [1.29, 1.82) is 0 Å². The maximum Gasteiger partial charge on any atom is 0.472 e. The largest absolute Gasteiger partial charge is 0.472 e. The van der Waals surface area contributed by atoms with Crippen LogP contribution in [0.15, 0.2) is 72.9 Å². The minimum atomic E-state index is -4.36. The van der Waals surface area contributed by atoms with Crippen LogP contribution >= 0.6 is 7.82 Å². The van der Waals surface area contributed by atoms with Crippen LogP contribution in [-0.4, -0.2) is 47.8 Å². The third-order valence-corrected chi connectivity index (χ3v) is 12.3. The van der Waals surface area contributed by atoms with E-state index in [0.29, 0.717) is 6.42 Å². The third kappa shape index (κ3) is 47.7. The van der Waals surface area contributed by atoms with Crippen LogP contribution in [0, 0.1) is 0 Å². The van der Waals surface area contributed by atoms with Crippen molar-refractivity contribution in [3.05, 3.63) is 72.9 Å². The van der Waals surface area contributed by atoms with E-state index in [4.69, 9.17) is 14.8 Å². The number of phosphoric ester groups is 1. The van der Waals surface area contributed by atoms with Gasteiger partial charge in [-0.15, -0.1) is 0 Å². The molecule has 0 aliphatic heterocycles. The highest BCUT2D eigenvalue weighted by molar-refractivity contribution is 7.47. The molecule has 0 radical (unpaired) electrons. The molecule has 0 saturated carbocycles. The lowest BCUT2D eigenvalue weighted by atomic mass is 10.0. The molecular formula is C54H99N2O6P. The first-order chi connectivity index (χ1) is 30.9. The van der Waals surface area contributed by atoms with Crippen molar-refractivity contribution in [2.75, 3.05) is 19.8 Å². The van der Waals surface area contributed by atoms with E-state index >= 15 is 0 Å². The van der Waals surface area contributed by atoms with Gasteiger partial charge in [-0.1, -0.05) is 228 Å². The highest BCUT2D eigenvalue weighted by Gasteiger charge is 2.26. The Morgan fingerprint density at radius 2 is 0.937 bits per heavy atom. The molecule has 3 unspecified atom stereocenters. The second kappa shape index (κ2) is 49.4. The second-order valence-electron chi connectivity index (χ2n) is 17.3. The van der Waals surface area contributed by atoms with Crippen LogP contribution in [0.5, 0.6) is 0 Å². The number of nitrogens with one attached hydrogen (secondary N) is 1. The van der Waals surface area contributed by atoms with Crippen LogP contribution in [0.1, 0.15) is 232 Å². The fraction of sp³-hybridized carbons (Fsp3) is 0.759. The summed E-state index contributed by atoms with van der Waals surface area (Å²) >= 11 is 0. The number of phosphoric acid groups is 1. The highest BCUT2D eigenvalue weighted by Crippen LogP contribution is 2.43. The average Bonchev–Trinajstić information content (AvgIpc) is 3.27. The van der Waals surface area contributed by atoms with E-state index in [-0.39, 0.29) is 25.7 Å². The average molecular weight is 903 g/mol. The van der Waals surface area contributed by atoms with Crippen molar-refractivity contribution in [3.8, 4) is 0 Å². The first-order valence-corrected chi connectivity index (χ1v) is 27.6. The van der Waals surface area contributed by atoms with Crippen LogP contribution in [-0.2, 0) is 18.4 Å². The zero-order valence-electron chi connectivity index (χ0n) is 40.8. The van der Waals surface area contributed by atoms with Gasteiger partial charge in [0, 0.05) is 13.0 Å². The zero-order valence-corrected chi connectivity index (χ0v) is 41.7. The maximum absolute atomic E-state index is 12.8. The van der Waals surface area contributed by atoms with Crippen molar-refractivity contribution in [1.82, 2.24) is 5.32 Å². The molecule has 0 bridgehead atoms. The molecule has 366 valence electrons. The van der Waals surface area contributed by atoms with E-state index < -0.39 is 20.0 Å². The maximum atomic E-state index is 12.8. The van der Waals surface area contributed by atoms with E-state index in [1.54, 1.807) is 6.08 Å². The monoisotopic (exact) mass is 903 g/mol. The van der Waals surface area contributed by atoms with Crippen molar-refractivity contribution in [2.45, 2.75) is 244 Å². The molecule has 0 aliphatic carbocycles. The summed E-state index contributed by atoms with van der Waals surface area (Å²) in [4.78, 5) is 22.8. The molecule has 8 nitrogen and oxygen atoms in total. The minimum absolute atomic E-state index is 0.0706. The number of aliphatic hydroxyl groups is 1. The zero-order chi connectivity index (χ0) is 46.0. The summed E-state index contributed by atoms with van der Waals surface area (Å²) in [6.45, 7) is 4.01. The van der Waals surface area contributed by atoms with Gasteiger partial charge in [0.1, 0.15) is 0 Å². The predicted molar refractivity (Wildman–Crippen MR) is 272 cm³/mol. The van der Waals surface area contributed by atoms with Gasteiger partial charge in [0.15, 0.2) is 0 Å². The van der Waals surface area contributed by atoms with Gasteiger partial charge in [-0.3, -0.25) is 13.8 Å². The van der Waals surface area contributed by atoms with Crippen molar-refractivity contribution in [2.24, 2.45) is 5.73 Å². The predicted octanol–water partition coefficient (Wildman–Crippen LogP) is 15.6. The number of nitrogens with two attached hydrogens (primary N) is 1. The Bertz CT molecular complexity index is 1210. The van der Waals surface area contributed by atoms with Gasteiger partial charge >= 0.3 is 7.82 Å². The van der Waals surface area contributed by atoms with E-state index in [2.05, 4.69) is 79.9 Å². The molecule has 0 aromatic heterocycles. The Hall–Kier alpha value is -2.06. The summed E-state index contributed by atoms with van der Waals surface area (Å²) in [5.74, 6) is -0.210. The van der Waals surface area contributed by atoms with Crippen LogP contribution in [0.3, 0.4) is 0 Å². The minimum Gasteiger partial charge on any atom is -0.387 e. The number of carbonyl (C=O) groups excluding carboxylic acids is 1. The molecule has 0 spiro atoms. The fourth-order valence-corrected chi connectivity index (χ4v) is 8.14. The summed E-state index contributed by atoms with van der Waals surface area (Å²) in [6.07, 6.45) is 65.4. The summed E-state index contributed by atoms with van der Waals surface area (Å²) in [5, 5.41) is 13.7. The lowest BCUT2D eigenvalue weighted by molar-refractivity contribution is -0.123. The fourth-order valence-electron chi connectivity index (χ4n) is 7.38. The van der Waals surface area contributed by atoms with Crippen molar-refractivity contribution < 1.29 is 28.4 Å². The van der Waals surface area contributed by atoms with E-state index in [9.17, 15) is 19.4 Å². The van der Waals surface area contributed by atoms with Gasteiger partial charge < -0.3 is 21.1 Å². The summed E-state index contributed by atoms with van der Waals surface area (Å²) in [7, 11) is -4.36. The molecule has 0 rings (SSSR count). The van der Waals surface area contributed by atoms with Gasteiger partial charge in [0.25, 0.3) is 0 Å². The van der Waals surface area contributed by atoms with Crippen LogP contribution in [0.25, 0.3) is 0 Å². The summed E-state index contributed by atoms with van der Waals surface area (Å²) < 4.78 is 22.2. The topological polar surface area (TPSA) is 131 Å². The second-order valence-corrected chi connectivity index (χ2v) is 18.8. The number of unbranched alkanes of at least 4 members (excludes halogenated alkanes) is 26. The molecule has 9 heteroatoms. The molecular weight excluding hydrogens is 804 g/mol. The van der Waals surface area contributed by atoms with Crippen molar-refractivity contribution in [3.63, 3.8) is 0 Å². The third-order valence-electron chi connectivity index (χ3n) is 11.3. The van der Waals surface area contributed by atoms with Crippen LogP contribution in [0.4, 0.5) is 0 Å². The number of aliphatic hydroxyl groups excluding tert-OH is 1. The number of hydrogen-bond acceptors (Lipinski definition) is 6. The quantitative estimate of drug-likeness (QED) is 0.0272. The molecule has 0 aromatic rings. The Morgan fingerprint density at radius 3 is 1.41 bits per heavy atom. The Morgan fingerprint density at radius 1 is 0.540 bits per heavy atom. The van der Waals surface area contributed by atoms with Gasteiger partial charge in [-0.2, -0.15) is 0 Å². The Labute approximate surface area is 388 Å². The normalized spacial score (nSPS) is 14.4. The molecule has 0 aliphatic rings. The summed E-state index contributed by atoms with van der Waals surface area (Å²) in [6, 6.07) is -0.884. The SMILES string of the molecule is CC/C=C\C/C=C\C/C=C\C/C=C\CCCCCCCCCCCCC(=O)NC(COP(=O)(O)OCCN)C(O)/C=C/CC/C=C/CCCCCCCCCCCCCCCCC. The number of carbonyl (C=O) groups is 1. The summed E-state index contributed by atoms with van der Waals surface area (Å²) in [5.41, 5.74) is 5.39. The Balaban J connectivity index is 4.14. The van der Waals surface area contributed by atoms with Crippen LogP contribution < -0.4 is 11.1 Å². The number of amides is 1. The lowest BCUT2D eigenvalue weighted by Gasteiger charge is -2.23. The number of rotatable bonds is 48. The van der Waals surface area contributed by atoms with E-state index in [0.717, 1.165) is 70.6 Å². The van der Waals surface area contributed by atoms with E-state index in [1.165, 1.54) is 141 Å². The first kappa shape index (κ1) is 60.9. The van der Waals surface area contributed by atoms with Gasteiger partial charge in [-0.25, -0.2) is 4.57 Å². The van der Waals surface area contributed by atoms with Gasteiger partial charge in [-0.05, 0) is 70.6 Å².